The van der Waals surface area contributed by atoms with E-state index in [1.165, 1.54) is 18.4 Å². The maximum Gasteiger partial charge on any atom is 0.0635 e. The second-order valence-corrected chi connectivity index (χ2v) is 4.21. The van der Waals surface area contributed by atoms with E-state index in [1.54, 1.807) is 0 Å². The van der Waals surface area contributed by atoms with Crippen molar-refractivity contribution < 1.29 is 0 Å². The first-order valence-electron chi connectivity index (χ1n) is 5.03. The van der Waals surface area contributed by atoms with Gasteiger partial charge in [0, 0.05) is 0 Å². The van der Waals surface area contributed by atoms with Crippen molar-refractivity contribution in [3.05, 3.63) is 28.8 Å². The van der Waals surface area contributed by atoms with E-state index in [0.29, 0.717) is 16.6 Å². The number of nitrogen functional groups attached to an aromatic ring is 1. The summed E-state index contributed by atoms with van der Waals surface area (Å²) in [6.45, 7) is 2.21. The van der Waals surface area contributed by atoms with Gasteiger partial charge in [0.2, 0.25) is 0 Å². The zero-order chi connectivity index (χ0) is 9.97. The molecule has 1 heterocycles. The summed E-state index contributed by atoms with van der Waals surface area (Å²) >= 11 is 5.88. The van der Waals surface area contributed by atoms with Gasteiger partial charge in [-0.05, 0) is 49.5 Å². The van der Waals surface area contributed by atoms with Crippen LogP contribution in [0.3, 0.4) is 0 Å². The molecule has 1 aromatic carbocycles. The second kappa shape index (κ2) is 4.20. The van der Waals surface area contributed by atoms with E-state index in [4.69, 9.17) is 17.3 Å². The first-order chi connectivity index (χ1) is 6.77. The van der Waals surface area contributed by atoms with Crippen LogP contribution in [0, 0.1) is 0 Å². The fourth-order valence-corrected chi connectivity index (χ4v) is 2.09. The molecule has 3 heteroatoms. The second-order valence-electron chi connectivity index (χ2n) is 3.81. The standard InChI is InChI=1S/C11H15ClN2/c12-10-2-1-9(7-11(10)13)8-3-5-14-6-4-8/h1-2,7-8,14H,3-6,13H2. The van der Waals surface area contributed by atoms with Crippen LogP contribution >= 0.6 is 11.6 Å². The molecule has 0 radical (unpaired) electrons. The number of nitrogens with two attached hydrogens (primary N) is 1. The molecule has 1 aliphatic heterocycles. The lowest BCUT2D eigenvalue weighted by molar-refractivity contribution is 0.460. The lowest BCUT2D eigenvalue weighted by Crippen LogP contribution is -2.26. The van der Waals surface area contributed by atoms with Crippen LogP contribution in [-0.2, 0) is 0 Å². The molecule has 14 heavy (non-hydrogen) atoms. The van der Waals surface area contributed by atoms with E-state index >= 15 is 0 Å². The van der Waals surface area contributed by atoms with Crippen LogP contribution in [0.5, 0.6) is 0 Å². The topological polar surface area (TPSA) is 38.0 Å². The lowest BCUT2D eigenvalue weighted by atomic mass is 9.90. The number of nitrogens with one attached hydrogen (secondary N) is 1. The Hall–Kier alpha value is -0.730. The molecule has 0 saturated carbocycles. The number of piperidine rings is 1. The van der Waals surface area contributed by atoms with E-state index in [9.17, 15) is 0 Å². The number of hydrogen-bond donors (Lipinski definition) is 2. The third kappa shape index (κ3) is 2.02. The quantitative estimate of drug-likeness (QED) is 0.699. The molecule has 76 valence electrons. The van der Waals surface area contributed by atoms with Gasteiger partial charge in [-0.15, -0.1) is 0 Å². The summed E-state index contributed by atoms with van der Waals surface area (Å²) in [6, 6.07) is 6.00. The molecular formula is C11H15ClN2. The summed E-state index contributed by atoms with van der Waals surface area (Å²) < 4.78 is 0. The molecule has 3 N–H and O–H groups in total. The Labute approximate surface area is 89.4 Å². The van der Waals surface area contributed by atoms with Crippen molar-refractivity contribution in [2.45, 2.75) is 18.8 Å². The summed E-state index contributed by atoms with van der Waals surface area (Å²) in [4.78, 5) is 0. The van der Waals surface area contributed by atoms with E-state index in [-0.39, 0.29) is 0 Å². The Morgan fingerprint density at radius 1 is 1.29 bits per heavy atom. The molecule has 0 bridgehead atoms. The molecule has 2 rings (SSSR count). The molecule has 0 aromatic heterocycles. The van der Waals surface area contributed by atoms with Crippen molar-refractivity contribution in [3.8, 4) is 0 Å². The van der Waals surface area contributed by atoms with Crippen LogP contribution in [0.25, 0.3) is 0 Å². The SMILES string of the molecule is Nc1cc(C2CCNCC2)ccc1Cl. The third-order valence-corrected chi connectivity index (χ3v) is 3.17. The molecule has 1 aliphatic rings. The minimum absolute atomic E-state index is 0.649. The largest absolute Gasteiger partial charge is 0.398 e. The number of rotatable bonds is 1. The fourth-order valence-electron chi connectivity index (χ4n) is 1.97. The summed E-state index contributed by atoms with van der Waals surface area (Å²) in [7, 11) is 0. The van der Waals surface area contributed by atoms with Gasteiger partial charge in [-0.2, -0.15) is 0 Å². The van der Waals surface area contributed by atoms with Crippen molar-refractivity contribution in [2.75, 3.05) is 18.8 Å². The Morgan fingerprint density at radius 3 is 2.64 bits per heavy atom. The maximum absolute atomic E-state index is 5.88. The van der Waals surface area contributed by atoms with Gasteiger partial charge in [0.1, 0.15) is 0 Å². The highest BCUT2D eigenvalue weighted by Gasteiger charge is 2.15. The molecule has 1 fully saturated rings. The van der Waals surface area contributed by atoms with Crippen molar-refractivity contribution >= 4 is 17.3 Å². The fraction of sp³-hybridized carbons (Fsp3) is 0.455. The Kier molecular flexibility index (Phi) is 2.94. The molecule has 0 unspecified atom stereocenters. The third-order valence-electron chi connectivity index (χ3n) is 2.83. The van der Waals surface area contributed by atoms with Gasteiger partial charge in [-0.3, -0.25) is 0 Å². The highest BCUT2D eigenvalue weighted by Crippen LogP contribution is 2.29. The predicted octanol–water partition coefficient (Wildman–Crippen LogP) is 2.39. The number of anilines is 1. The molecule has 0 aliphatic carbocycles. The molecule has 2 nitrogen and oxygen atoms in total. The van der Waals surface area contributed by atoms with Crippen LogP contribution in [-0.4, -0.2) is 13.1 Å². The van der Waals surface area contributed by atoms with Crippen LogP contribution in [0.15, 0.2) is 18.2 Å². The Bertz CT molecular complexity index is 319. The van der Waals surface area contributed by atoms with E-state index in [2.05, 4.69) is 11.4 Å². The summed E-state index contributed by atoms with van der Waals surface area (Å²) in [5.74, 6) is 0.649. The average Bonchev–Trinajstić information content (AvgIpc) is 2.23. The first kappa shape index (κ1) is 9.81. The molecule has 0 amide bonds. The van der Waals surface area contributed by atoms with Gasteiger partial charge in [-0.25, -0.2) is 0 Å². The molecule has 0 atom stereocenters. The average molecular weight is 211 g/mol. The summed E-state index contributed by atoms with van der Waals surface area (Å²) in [5, 5.41) is 4.01. The van der Waals surface area contributed by atoms with Gasteiger partial charge in [-0.1, -0.05) is 17.7 Å². The normalized spacial score (nSPS) is 18.4. The smallest absolute Gasteiger partial charge is 0.0635 e. The van der Waals surface area contributed by atoms with Gasteiger partial charge in [0.25, 0.3) is 0 Å². The molecule has 1 aromatic rings. The predicted molar refractivity (Wildman–Crippen MR) is 60.7 cm³/mol. The van der Waals surface area contributed by atoms with E-state index < -0.39 is 0 Å². The van der Waals surface area contributed by atoms with Crippen LogP contribution < -0.4 is 11.1 Å². The van der Waals surface area contributed by atoms with Gasteiger partial charge < -0.3 is 11.1 Å². The number of halogens is 1. The molecular weight excluding hydrogens is 196 g/mol. The Balaban J connectivity index is 2.18. The van der Waals surface area contributed by atoms with Crippen molar-refractivity contribution in [2.24, 2.45) is 0 Å². The highest BCUT2D eigenvalue weighted by molar-refractivity contribution is 6.33. The highest BCUT2D eigenvalue weighted by atomic mass is 35.5. The molecule has 1 saturated heterocycles. The van der Waals surface area contributed by atoms with Gasteiger partial charge in [0.15, 0.2) is 0 Å². The minimum Gasteiger partial charge on any atom is -0.398 e. The van der Waals surface area contributed by atoms with Gasteiger partial charge >= 0.3 is 0 Å². The van der Waals surface area contributed by atoms with Crippen molar-refractivity contribution in [1.82, 2.24) is 5.32 Å². The van der Waals surface area contributed by atoms with Crippen molar-refractivity contribution in [3.63, 3.8) is 0 Å². The van der Waals surface area contributed by atoms with Crippen LogP contribution in [0.2, 0.25) is 5.02 Å². The van der Waals surface area contributed by atoms with Crippen molar-refractivity contribution in [1.29, 1.82) is 0 Å². The van der Waals surface area contributed by atoms with Crippen LogP contribution in [0.1, 0.15) is 24.3 Å². The zero-order valence-electron chi connectivity index (χ0n) is 8.09. The van der Waals surface area contributed by atoms with Gasteiger partial charge in [0.05, 0.1) is 10.7 Å². The molecule has 0 spiro atoms. The zero-order valence-corrected chi connectivity index (χ0v) is 8.85. The maximum atomic E-state index is 5.88. The Morgan fingerprint density at radius 2 is 2.00 bits per heavy atom. The van der Waals surface area contributed by atoms with E-state index in [1.807, 2.05) is 12.1 Å². The minimum atomic E-state index is 0.649. The van der Waals surface area contributed by atoms with Crippen LogP contribution in [0.4, 0.5) is 5.69 Å². The van der Waals surface area contributed by atoms with E-state index in [0.717, 1.165) is 13.1 Å². The monoisotopic (exact) mass is 210 g/mol. The summed E-state index contributed by atoms with van der Waals surface area (Å²) in [5.41, 5.74) is 7.80. The number of hydrogen-bond acceptors (Lipinski definition) is 2. The summed E-state index contributed by atoms with van der Waals surface area (Å²) in [6.07, 6.45) is 2.39. The lowest BCUT2D eigenvalue weighted by Gasteiger charge is -2.23. The number of benzene rings is 1. The first-order valence-corrected chi connectivity index (χ1v) is 5.41.